The third-order valence-electron chi connectivity index (χ3n) is 4.56. The number of unbranched alkanes of at least 4 members (excludes halogenated alkanes) is 1. The lowest BCUT2D eigenvalue weighted by Gasteiger charge is -2.32. The van der Waals surface area contributed by atoms with Gasteiger partial charge in [0.2, 0.25) is 11.8 Å². The van der Waals surface area contributed by atoms with Crippen LogP contribution in [0.3, 0.4) is 0 Å². The van der Waals surface area contributed by atoms with E-state index >= 15 is 0 Å². The highest BCUT2D eigenvalue weighted by Gasteiger charge is 2.23. The predicted molar refractivity (Wildman–Crippen MR) is 98.6 cm³/mol. The zero-order valence-corrected chi connectivity index (χ0v) is 15.4. The first-order valence-electron chi connectivity index (χ1n) is 9.41. The van der Waals surface area contributed by atoms with Gasteiger partial charge in [-0.25, -0.2) is 0 Å². The van der Waals surface area contributed by atoms with E-state index in [2.05, 4.69) is 12.2 Å². The maximum atomic E-state index is 12.5. The molecular weight excluding hydrogens is 316 g/mol. The van der Waals surface area contributed by atoms with Crippen LogP contribution in [0.5, 0.6) is 5.75 Å². The van der Waals surface area contributed by atoms with Crippen molar-refractivity contribution in [2.75, 3.05) is 19.7 Å². The number of carbonyl (C=O) groups excluding carboxylic acids is 2. The topological polar surface area (TPSA) is 58.6 Å². The third kappa shape index (κ3) is 6.40. The molecule has 0 aromatic heterocycles. The second kappa shape index (κ2) is 10.1. The predicted octanol–water partition coefficient (Wildman–Crippen LogP) is 2.93. The van der Waals surface area contributed by atoms with Crippen LogP contribution in [0.2, 0.25) is 0 Å². The zero-order chi connectivity index (χ0) is 18.1. The van der Waals surface area contributed by atoms with E-state index in [1.807, 2.05) is 36.1 Å². The summed E-state index contributed by atoms with van der Waals surface area (Å²) in [5.74, 6) is 1.12. The monoisotopic (exact) mass is 346 g/mol. The largest absolute Gasteiger partial charge is 0.494 e. The van der Waals surface area contributed by atoms with E-state index in [1.165, 1.54) is 0 Å². The number of rotatable bonds is 8. The van der Waals surface area contributed by atoms with Gasteiger partial charge in [0.25, 0.3) is 0 Å². The molecule has 1 fully saturated rings. The molecule has 1 heterocycles. The Labute approximate surface area is 150 Å². The highest BCUT2D eigenvalue weighted by molar-refractivity contribution is 5.79. The van der Waals surface area contributed by atoms with Crippen LogP contribution >= 0.6 is 0 Å². The SMILES string of the molecule is CCCCC(=O)NC1CCN(C(=O)Cc2ccc(OCC)cc2)CC1. The quantitative estimate of drug-likeness (QED) is 0.787. The first-order valence-corrected chi connectivity index (χ1v) is 9.41. The van der Waals surface area contributed by atoms with Crippen molar-refractivity contribution in [2.24, 2.45) is 0 Å². The molecule has 1 aromatic carbocycles. The van der Waals surface area contributed by atoms with Crippen LogP contribution < -0.4 is 10.1 Å². The number of nitrogens with zero attached hydrogens (tertiary/aromatic N) is 1. The van der Waals surface area contributed by atoms with Crippen LogP contribution in [0.4, 0.5) is 0 Å². The fourth-order valence-electron chi connectivity index (χ4n) is 3.07. The standard InChI is InChI=1S/C20H30N2O3/c1-3-5-6-19(23)21-17-11-13-22(14-12-17)20(24)15-16-7-9-18(10-8-16)25-4-2/h7-10,17H,3-6,11-15H2,1-2H3,(H,21,23). The molecule has 5 heteroatoms. The van der Waals surface area contributed by atoms with Crippen molar-refractivity contribution in [3.8, 4) is 5.75 Å². The molecule has 1 aliphatic rings. The first-order chi connectivity index (χ1) is 12.1. The zero-order valence-electron chi connectivity index (χ0n) is 15.4. The van der Waals surface area contributed by atoms with Gasteiger partial charge in [-0.05, 0) is 43.9 Å². The van der Waals surface area contributed by atoms with E-state index in [1.54, 1.807) is 0 Å². The van der Waals surface area contributed by atoms with Gasteiger partial charge in [0.05, 0.1) is 13.0 Å². The molecule has 1 aromatic rings. The molecule has 0 radical (unpaired) electrons. The Bertz CT molecular complexity index is 549. The molecule has 2 rings (SSSR count). The summed E-state index contributed by atoms with van der Waals surface area (Å²) in [6.07, 6.45) is 4.67. The van der Waals surface area contributed by atoms with E-state index in [4.69, 9.17) is 4.74 Å². The van der Waals surface area contributed by atoms with Crippen molar-refractivity contribution in [3.05, 3.63) is 29.8 Å². The van der Waals surface area contributed by atoms with Crippen LogP contribution in [-0.4, -0.2) is 42.5 Å². The molecule has 1 N–H and O–H groups in total. The Morgan fingerprint density at radius 1 is 1.16 bits per heavy atom. The van der Waals surface area contributed by atoms with Crippen LogP contribution in [0.1, 0.15) is 51.5 Å². The first kappa shape index (κ1) is 19.3. The van der Waals surface area contributed by atoms with E-state index in [-0.39, 0.29) is 17.9 Å². The van der Waals surface area contributed by atoms with E-state index in [0.717, 1.165) is 37.0 Å². The lowest BCUT2D eigenvalue weighted by Crippen LogP contribution is -2.46. The normalized spacial score (nSPS) is 15.0. The molecule has 5 nitrogen and oxygen atoms in total. The molecule has 25 heavy (non-hydrogen) atoms. The fourth-order valence-corrected chi connectivity index (χ4v) is 3.07. The summed E-state index contributed by atoms with van der Waals surface area (Å²) in [5, 5.41) is 3.09. The Kier molecular flexibility index (Phi) is 7.76. The van der Waals surface area contributed by atoms with Crippen molar-refractivity contribution in [1.29, 1.82) is 0 Å². The number of nitrogens with one attached hydrogen (secondary N) is 1. The number of benzene rings is 1. The number of amides is 2. The van der Waals surface area contributed by atoms with Gasteiger partial charge in [0.1, 0.15) is 5.75 Å². The summed E-state index contributed by atoms with van der Waals surface area (Å²) in [7, 11) is 0. The Morgan fingerprint density at radius 3 is 2.44 bits per heavy atom. The molecule has 138 valence electrons. The molecule has 0 unspecified atom stereocenters. The van der Waals surface area contributed by atoms with Crippen LogP contribution in [0, 0.1) is 0 Å². The van der Waals surface area contributed by atoms with Gasteiger partial charge in [0, 0.05) is 25.6 Å². The summed E-state index contributed by atoms with van der Waals surface area (Å²) < 4.78 is 5.42. The van der Waals surface area contributed by atoms with Gasteiger partial charge >= 0.3 is 0 Å². The highest BCUT2D eigenvalue weighted by Crippen LogP contribution is 2.15. The Morgan fingerprint density at radius 2 is 1.84 bits per heavy atom. The second-order valence-corrected chi connectivity index (χ2v) is 6.58. The summed E-state index contributed by atoms with van der Waals surface area (Å²) in [4.78, 5) is 26.2. The molecule has 1 saturated heterocycles. The van der Waals surface area contributed by atoms with Crippen molar-refractivity contribution < 1.29 is 14.3 Å². The van der Waals surface area contributed by atoms with Crippen molar-refractivity contribution >= 4 is 11.8 Å². The molecule has 1 aliphatic heterocycles. The highest BCUT2D eigenvalue weighted by atomic mass is 16.5. The van der Waals surface area contributed by atoms with Gasteiger partial charge in [-0.2, -0.15) is 0 Å². The van der Waals surface area contributed by atoms with Crippen LogP contribution in [0.15, 0.2) is 24.3 Å². The number of hydrogen-bond acceptors (Lipinski definition) is 3. The lowest BCUT2D eigenvalue weighted by molar-refractivity contribution is -0.131. The average Bonchev–Trinajstić information content (AvgIpc) is 2.62. The number of likely N-dealkylation sites (tertiary alicyclic amines) is 1. The Balaban J connectivity index is 1.74. The molecule has 0 saturated carbocycles. The molecular formula is C20H30N2O3. The number of piperidine rings is 1. The van der Waals surface area contributed by atoms with Gasteiger partial charge < -0.3 is 15.0 Å². The van der Waals surface area contributed by atoms with Crippen molar-refractivity contribution in [2.45, 2.75) is 58.4 Å². The van der Waals surface area contributed by atoms with E-state index < -0.39 is 0 Å². The molecule has 0 atom stereocenters. The maximum absolute atomic E-state index is 12.5. The minimum Gasteiger partial charge on any atom is -0.494 e. The molecule has 0 aliphatic carbocycles. The van der Waals surface area contributed by atoms with Gasteiger partial charge in [-0.1, -0.05) is 25.5 Å². The minimum absolute atomic E-state index is 0.140. The molecule has 2 amide bonds. The molecule has 0 spiro atoms. The van der Waals surface area contributed by atoms with Crippen LogP contribution in [0.25, 0.3) is 0 Å². The number of carbonyl (C=O) groups is 2. The minimum atomic E-state index is 0.140. The lowest BCUT2D eigenvalue weighted by atomic mass is 10.0. The number of ether oxygens (including phenoxy) is 1. The van der Waals surface area contributed by atoms with E-state index in [9.17, 15) is 9.59 Å². The summed E-state index contributed by atoms with van der Waals surface area (Å²) in [5.41, 5.74) is 1.00. The van der Waals surface area contributed by atoms with Crippen LogP contribution in [-0.2, 0) is 16.0 Å². The van der Waals surface area contributed by atoms with Crippen molar-refractivity contribution in [3.63, 3.8) is 0 Å². The Hall–Kier alpha value is -2.04. The maximum Gasteiger partial charge on any atom is 0.226 e. The number of hydrogen-bond donors (Lipinski definition) is 1. The fraction of sp³-hybridized carbons (Fsp3) is 0.600. The van der Waals surface area contributed by atoms with Gasteiger partial charge in [0.15, 0.2) is 0 Å². The van der Waals surface area contributed by atoms with Crippen molar-refractivity contribution in [1.82, 2.24) is 10.2 Å². The summed E-state index contributed by atoms with van der Waals surface area (Å²) in [6, 6.07) is 7.92. The van der Waals surface area contributed by atoms with Gasteiger partial charge in [-0.15, -0.1) is 0 Å². The molecule has 0 bridgehead atoms. The second-order valence-electron chi connectivity index (χ2n) is 6.58. The average molecular weight is 346 g/mol. The smallest absolute Gasteiger partial charge is 0.226 e. The summed E-state index contributed by atoms with van der Waals surface area (Å²) >= 11 is 0. The summed E-state index contributed by atoms with van der Waals surface area (Å²) in [6.45, 7) is 6.11. The third-order valence-corrected chi connectivity index (χ3v) is 4.56. The van der Waals surface area contributed by atoms with E-state index in [0.29, 0.717) is 32.5 Å². The van der Waals surface area contributed by atoms with Gasteiger partial charge in [-0.3, -0.25) is 9.59 Å².